The van der Waals surface area contributed by atoms with Gasteiger partial charge in [-0.3, -0.25) is 0 Å². The fourth-order valence-electron chi connectivity index (χ4n) is 1.18. The third-order valence-electron chi connectivity index (χ3n) is 2.34. The molecule has 0 unspecified atom stereocenters. The third-order valence-corrected chi connectivity index (χ3v) is 2.34. The van der Waals surface area contributed by atoms with Crippen LogP contribution in [0.3, 0.4) is 0 Å². The van der Waals surface area contributed by atoms with Crippen molar-refractivity contribution in [1.29, 1.82) is 0 Å². The van der Waals surface area contributed by atoms with Gasteiger partial charge in [0.05, 0.1) is 0 Å². The van der Waals surface area contributed by atoms with Gasteiger partial charge in [0.2, 0.25) is 6.20 Å². The molecule has 2 aromatic rings. The van der Waals surface area contributed by atoms with Gasteiger partial charge in [-0.15, -0.1) is 0 Å². The van der Waals surface area contributed by atoms with Crippen molar-refractivity contribution >= 4 is 0 Å². The molecule has 0 spiro atoms. The molecule has 4 nitrogen and oxygen atoms in total. The Morgan fingerprint density at radius 2 is 1.65 bits per heavy atom. The van der Waals surface area contributed by atoms with Crippen LogP contribution < -0.4 is 9.74 Å². The van der Waals surface area contributed by atoms with Crippen LogP contribution in [0.25, 0.3) is 0 Å². The number of aryl methyl sites for hydroxylation is 1. The van der Waals surface area contributed by atoms with E-state index in [1.807, 2.05) is 32.0 Å². The Labute approximate surface area is 122 Å². The molecule has 20 heavy (non-hydrogen) atoms. The second-order valence-electron chi connectivity index (χ2n) is 5.06. The molecule has 0 aliphatic heterocycles. The summed E-state index contributed by atoms with van der Waals surface area (Å²) in [5.41, 5.74) is 2.20. The molecule has 1 aromatic heterocycles. The van der Waals surface area contributed by atoms with Crippen LogP contribution in [-0.4, -0.2) is 12.3 Å². The Morgan fingerprint density at radius 1 is 1.10 bits per heavy atom. The number of nitrogens with zero attached hydrogens (tertiary/aromatic N) is 2. The summed E-state index contributed by atoms with van der Waals surface area (Å²) < 4.78 is 4.78. The van der Waals surface area contributed by atoms with Crippen molar-refractivity contribution in [3.05, 3.63) is 47.8 Å². The quantitative estimate of drug-likeness (QED) is 0.803. The van der Waals surface area contributed by atoms with E-state index >= 15 is 0 Å². The minimum Gasteiger partial charge on any atom is -0.306 e. The van der Waals surface area contributed by atoms with E-state index in [2.05, 4.69) is 45.0 Å². The van der Waals surface area contributed by atoms with Gasteiger partial charge >= 0.3 is 0 Å². The van der Waals surface area contributed by atoms with Gasteiger partial charge in [0, 0.05) is 5.41 Å². The Kier molecular flexibility index (Phi) is 8.29. The van der Waals surface area contributed by atoms with E-state index in [0.717, 1.165) is 5.69 Å². The minimum absolute atomic E-state index is 0.00722. The van der Waals surface area contributed by atoms with Crippen molar-refractivity contribution in [3.63, 3.8) is 0 Å². The Bertz CT molecular complexity index is 459. The molecule has 112 valence electrons. The maximum Gasteiger partial charge on any atom is 0.253 e. The molecule has 0 saturated heterocycles. The van der Waals surface area contributed by atoms with Crippen molar-refractivity contribution in [2.24, 2.45) is 0 Å². The predicted octanol–water partition coefficient (Wildman–Crippen LogP) is 3.34. The summed E-state index contributed by atoms with van der Waals surface area (Å²) in [4.78, 5) is 6.00. The molecule has 0 N–H and O–H groups in total. The van der Waals surface area contributed by atoms with Crippen LogP contribution in [-0.2, 0) is 5.41 Å². The summed E-state index contributed by atoms with van der Waals surface area (Å²) in [6.45, 7) is 12.3. The molecule has 0 aliphatic carbocycles. The van der Waals surface area contributed by atoms with E-state index in [4.69, 9.17) is 9.47 Å². The standard InChI is InChI=1S/C7H13N2O2.C7H8.C2H6/c1-7(2,3)6-5-9(10-4)11-8-6;1-7-5-3-2-4-6-7;1-2/h5H,1-4H3;2-6H,1H3;1-2H3/q+1;;. The first-order valence-electron chi connectivity index (χ1n) is 6.89. The highest BCUT2D eigenvalue weighted by Gasteiger charge is 2.26. The average molecular weight is 279 g/mol. The summed E-state index contributed by atoms with van der Waals surface area (Å²) in [5, 5.41) is 3.82. The lowest BCUT2D eigenvalue weighted by atomic mass is 9.93. The maximum atomic E-state index is 4.78. The van der Waals surface area contributed by atoms with Crippen molar-refractivity contribution in [2.45, 2.75) is 47.0 Å². The smallest absolute Gasteiger partial charge is 0.253 e. The highest BCUT2D eigenvalue weighted by atomic mass is 16.8. The largest absolute Gasteiger partial charge is 0.306 e. The lowest BCUT2D eigenvalue weighted by molar-refractivity contribution is -1.02. The Hall–Kier alpha value is -1.84. The molecule has 0 radical (unpaired) electrons. The summed E-state index contributed by atoms with van der Waals surface area (Å²) in [6, 6.07) is 10.3. The SMILES string of the molecule is CC.CO[n+]1cc(C(C)(C)C)no1.Cc1ccccc1. The zero-order valence-electron chi connectivity index (χ0n) is 13.7. The number of hydrogen-bond donors (Lipinski definition) is 0. The lowest BCUT2D eigenvalue weighted by Gasteiger charge is -2.06. The molecule has 0 bridgehead atoms. The first kappa shape index (κ1) is 18.2. The van der Waals surface area contributed by atoms with Gasteiger partial charge in [-0.25, -0.2) is 0 Å². The predicted molar refractivity (Wildman–Crippen MR) is 80.4 cm³/mol. The number of hydrogen-bond acceptors (Lipinski definition) is 3. The maximum absolute atomic E-state index is 4.78. The number of benzene rings is 1. The topological polar surface area (TPSA) is 39.1 Å². The fourth-order valence-corrected chi connectivity index (χ4v) is 1.18. The highest BCUT2D eigenvalue weighted by molar-refractivity contribution is 5.11. The number of rotatable bonds is 1. The van der Waals surface area contributed by atoms with Crippen molar-refractivity contribution in [1.82, 2.24) is 5.16 Å². The van der Waals surface area contributed by atoms with Gasteiger partial charge in [-0.2, -0.15) is 0 Å². The Balaban J connectivity index is 0.000000345. The van der Waals surface area contributed by atoms with Crippen LogP contribution in [0.2, 0.25) is 0 Å². The molecule has 2 rings (SSSR count). The molecular weight excluding hydrogens is 252 g/mol. The Morgan fingerprint density at radius 3 is 1.90 bits per heavy atom. The minimum atomic E-state index is 0.00722. The van der Waals surface area contributed by atoms with E-state index in [1.165, 1.54) is 17.6 Å². The summed E-state index contributed by atoms with van der Waals surface area (Å²) >= 11 is 0. The van der Waals surface area contributed by atoms with Crippen molar-refractivity contribution in [2.75, 3.05) is 7.11 Å². The molecule has 0 amide bonds. The van der Waals surface area contributed by atoms with Crippen LogP contribution in [0.5, 0.6) is 0 Å². The molecule has 0 atom stereocenters. The van der Waals surface area contributed by atoms with E-state index in [9.17, 15) is 0 Å². The zero-order valence-corrected chi connectivity index (χ0v) is 13.7. The monoisotopic (exact) mass is 279 g/mol. The molecule has 0 saturated carbocycles. The first-order valence-corrected chi connectivity index (χ1v) is 6.89. The average Bonchev–Trinajstić information content (AvgIpc) is 2.91. The van der Waals surface area contributed by atoms with Gasteiger partial charge in [-0.1, -0.05) is 70.5 Å². The van der Waals surface area contributed by atoms with Crippen LogP contribution in [0.4, 0.5) is 0 Å². The van der Waals surface area contributed by atoms with E-state index in [1.54, 1.807) is 6.20 Å². The normalized spacial score (nSPS) is 9.75. The van der Waals surface area contributed by atoms with Crippen molar-refractivity contribution in [3.8, 4) is 0 Å². The fraction of sp³-hybridized carbons (Fsp3) is 0.500. The van der Waals surface area contributed by atoms with Gasteiger partial charge in [0.25, 0.3) is 5.69 Å². The molecule has 4 heteroatoms. The van der Waals surface area contributed by atoms with Gasteiger partial charge in [-0.05, 0) is 11.6 Å². The molecular formula is C16H27N2O2+. The molecule has 1 heterocycles. The second kappa shape index (κ2) is 9.13. The van der Waals surface area contributed by atoms with Crippen LogP contribution in [0, 0.1) is 6.92 Å². The molecule has 0 fully saturated rings. The van der Waals surface area contributed by atoms with E-state index < -0.39 is 0 Å². The van der Waals surface area contributed by atoms with Gasteiger partial charge < -0.3 is 4.84 Å². The van der Waals surface area contributed by atoms with Crippen LogP contribution in [0.15, 0.2) is 41.2 Å². The van der Waals surface area contributed by atoms with Gasteiger partial charge in [0.15, 0.2) is 5.16 Å². The highest BCUT2D eigenvalue weighted by Crippen LogP contribution is 2.17. The first-order chi connectivity index (χ1) is 9.43. The lowest BCUT2D eigenvalue weighted by Crippen LogP contribution is -2.37. The second-order valence-corrected chi connectivity index (χ2v) is 5.06. The molecule has 0 aliphatic rings. The summed E-state index contributed by atoms with van der Waals surface area (Å²) in [7, 11) is 1.53. The van der Waals surface area contributed by atoms with E-state index in [-0.39, 0.29) is 5.41 Å². The zero-order chi connectivity index (χ0) is 15.6. The van der Waals surface area contributed by atoms with Crippen LogP contribution in [0.1, 0.15) is 45.9 Å². The van der Waals surface area contributed by atoms with Crippen molar-refractivity contribution < 1.29 is 14.4 Å². The third kappa shape index (κ3) is 6.92. The van der Waals surface area contributed by atoms with Gasteiger partial charge in [0.1, 0.15) is 12.0 Å². The number of aromatic nitrogens is 2. The summed E-state index contributed by atoms with van der Waals surface area (Å²) in [6.07, 6.45) is 1.72. The summed E-state index contributed by atoms with van der Waals surface area (Å²) in [5.74, 6) is 0. The molecule has 1 aromatic carbocycles. The van der Waals surface area contributed by atoms with E-state index in [0.29, 0.717) is 0 Å². The van der Waals surface area contributed by atoms with Crippen LogP contribution >= 0.6 is 0 Å².